The molecule has 0 aliphatic rings. The molecule has 0 aliphatic heterocycles. The summed E-state index contributed by atoms with van der Waals surface area (Å²) >= 11 is 0. The van der Waals surface area contributed by atoms with Crippen molar-refractivity contribution in [1.29, 1.82) is 0 Å². The van der Waals surface area contributed by atoms with Gasteiger partial charge in [-0.15, -0.1) is 0 Å². The number of aromatic nitrogens is 3. The SMILES string of the molecule is CC(C)(C)c1ccc2c(c1)c1cc(C(C)(C)C)ccc1n2-c1ccc(-c2cc(-c3ccccc3)nc(-c3ccccc3)n2)c(-c2ccccc2)c1. The van der Waals surface area contributed by atoms with Crippen molar-refractivity contribution in [3.8, 4) is 50.7 Å². The molecule has 0 unspecified atom stereocenters. The first kappa shape index (κ1) is 32.4. The van der Waals surface area contributed by atoms with Crippen LogP contribution in [-0.4, -0.2) is 14.5 Å². The topological polar surface area (TPSA) is 30.7 Å². The number of hydrogen-bond acceptors (Lipinski definition) is 2. The third-order valence-electron chi connectivity index (χ3n) is 9.95. The van der Waals surface area contributed by atoms with E-state index in [4.69, 9.17) is 9.97 Å². The zero-order chi connectivity index (χ0) is 35.3. The maximum atomic E-state index is 5.23. The second-order valence-electron chi connectivity index (χ2n) is 15.6. The molecule has 2 aromatic heterocycles. The van der Waals surface area contributed by atoms with Crippen LogP contribution in [0.1, 0.15) is 52.7 Å². The summed E-state index contributed by atoms with van der Waals surface area (Å²) in [7, 11) is 0. The molecule has 8 aromatic rings. The molecule has 3 nitrogen and oxygen atoms in total. The fourth-order valence-corrected chi connectivity index (χ4v) is 7.04. The minimum Gasteiger partial charge on any atom is -0.309 e. The largest absolute Gasteiger partial charge is 0.309 e. The summed E-state index contributed by atoms with van der Waals surface area (Å²) in [5.74, 6) is 0.710. The van der Waals surface area contributed by atoms with Gasteiger partial charge in [0.15, 0.2) is 5.82 Å². The minimum absolute atomic E-state index is 0.0428. The first-order chi connectivity index (χ1) is 24.5. The molecule has 0 bridgehead atoms. The van der Waals surface area contributed by atoms with Gasteiger partial charge in [-0.1, -0.05) is 151 Å². The Bertz CT molecular complexity index is 2380. The molecule has 8 rings (SSSR count). The fraction of sp³-hybridized carbons (Fsp3) is 0.167. The van der Waals surface area contributed by atoms with Gasteiger partial charge >= 0.3 is 0 Å². The van der Waals surface area contributed by atoms with Gasteiger partial charge in [-0.2, -0.15) is 0 Å². The monoisotopic (exact) mass is 661 g/mol. The summed E-state index contributed by atoms with van der Waals surface area (Å²) in [4.78, 5) is 10.3. The Morgan fingerprint density at radius 3 is 1.43 bits per heavy atom. The minimum atomic E-state index is 0.0428. The van der Waals surface area contributed by atoms with Crippen molar-refractivity contribution in [2.75, 3.05) is 0 Å². The molecule has 0 radical (unpaired) electrons. The smallest absolute Gasteiger partial charge is 0.160 e. The van der Waals surface area contributed by atoms with E-state index in [0.29, 0.717) is 5.82 Å². The molecule has 2 heterocycles. The third kappa shape index (κ3) is 6.14. The molecular formula is C48H43N3. The quantitative estimate of drug-likeness (QED) is 0.184. The average Bonchev–Trinajstić information content (AvgIpc) is 3.48. The lowest BCUT2D eigenvalue weighted by Crippen LogP contribution is -2.10. The molecule has 0 saturated heterocycles. The van der Waals surface area contributed by atoms with Gasteiger partial charge < -0.3 is 4.57 Å². The van der Waals surface area contributed by atoms with Gasteiger partial charge in [0.2, 0.25) is 0 Å². The molecule has 0 saturated carbocycles. The number of fused-ring (bicyclic) bond motifs is 3. The summed E-state index contributed by atoms with van der Waals surface area (Å²) in [5, 5.41) is 2.56. The van der Waals surface area contributed by atoms with Crippen LogP contribution in [0.2, 0.25) is 0 Å². The lowest BCUT2D eigenvalue weighted by atomic mass is 9.85. The Morgan fingerprint density at radius 1 is 0.412 bits per heavy atom. The maximum Gasteiger partial charge on any atom is 0.160 e. The molecule has 0 N–H and O–H groups in total. The van der Waals surface area contributed by atoms with E-state index in [1.165, 1.54) is 32.9 Å². The van der Waals surface area contributed by atoms with Crippen LogP contribution in [0, 0.1) is 0 Å². The molecule has 6 aromatic carbocycles. The summed E-state index contributed by atoms with van der Waals surface area (Å²) in [6.45, 7) is 13.7. The van der Waals surface area contributed by atoms with E-state index in [1.807, 2.05) is 24.3 Å². The molecule has 250 valence electrons. The summed E-state index contributed by atoms with van der Waals surface area (Å²) < 4.78 is 2.44. The van der Waals surface area contributed by atoms with Crippen molar-refractivity contribution in [1.82, 2.24) is 14.5 Å². The third-order valence-corrected chi connectivity index (χ3v) is 9.95. The van der Waals surface area contributed by atoms with E-state index < -0.39 is 0 Å². The Labute approximate surface area is 301 Å². The first-order valence-electron chi connectivity index (χ1n) is 17.8. The summed E-state index contributed by atoms with van der Waals surface area (Å²) in [6, 6.07) is 54.3. The van der Waals surface area contributed by atoms with Gasteiger partial charge in [-0.05, 0) is 75.5 Å². The normalized spacial score (nSPS) is 12.1. The van der Waals surface area contributed by atoms with Crippen LogP contribution in [0.4, 0.5) is 0 Å². The lowest BCUT2D eigenvalue weighted by molar-refractivity contribution is 0.590. The number of benzene rings is 6. The molecular weight excluding hydrogens is 619 g/mol. The molecule has 0 spiro atoms. The molecule has 0 aliphatic carbocycles. The van der Waals surface area contributed by atoms with Crippen molar-refractivity contribution in [2.45, 2.75) is 52.4 Å². The Morgan fingerprint density at radius 2 is 0.902 bits per heavy atom. The van der Waals surface area contributed by atoms with Crippen molar-refractivity contribution in [2.24, 2.45) is 0 Å². The van der Waals surface area contributed by atoms with Crippen LogP contribution in [0.3, 0.4) is 0 Å². The zero-order valence-electron chi connectivity index (χ0n) is 30.3. The van der Waals surface area contributed by atoms with Crippen LogP contribution in [-0.2, 0) is 10.8 Å². The van der Waals surface area contributed by atoms with Gasteiger partial charge in [-0.25, -0.2) is 9.97 Å². The van der Waals surface area contributed by atoms with E-state index in [0.717, 1.165) is 44.9 Å². The fourth-order valence-electron chi connectivity index (χ4n) is 7.04. The van der Waals surface area contributed by atoms with E-state index in [-0.39, 0.29) is 10.8 Å². The second kappa shape index (κ2) is 12.5. The Hall–Kier alpha value is -5.80. The molecule has 0 amide bonds. The standard InChI is InChI=1S/C48H43N3/c1-47(2,3)35-22-26-44-40(28-35)41-29-36(48(4,5)6)23-27-45(41)51(44)37-24-25-38(39(30-37)32-16-10-7-11-17-32)43-31-42(33-18-12-8-13-19-33)49-46(50-43)34-20-14-9-15-21-34/h7-31H,1-6H3. The number of rotatable bonds is 5. The average molecular weight is 662 g/mol. The van der Waals surface area contributed by atoms with Crippen LogP contribution in [0.5, 0.6) is 0 Å². The number of hydrogen-bond donors (Lipinski definition) is 0. The van der Waals surface area contributed by atoms with Gasteiger partial charge in [-0.3, -0.25) is 0 Å². The van der Waals surface area contributed by atoms with E-state index >= 15 is 0 Å². The summed E-state index contributed by atoms with van der Waals surface area (Å²) in [5.41, 5.74) is 13.4. The molecule has 0 atom stereocenters. The predicted molar refractivity (Wildman–Crippen MR) is 216 cm³/mol. The van der Waals surface area contributed by atoms with Crippen LogP contribution >= 0.6 is 0 Å². The van der Waals surface area contributed by atoms with Gasteiger partial charge in [0, 0.05) is 33.2 Å². The van der Waals surface area contributed by atoms with E-state index in [9.17, 15) is 0 Å². The van der Waals surface area contributed by atoms with E-state index in [2.05, 4.69) is 174 Å². The Kier molecular flexibility index (Phi) is 7.95. The predicted octanol–water partition coefficient (Wildman–Crippen LogP) is 12.8. The highest BCUT2D eigenvalue weighted by molar-refractivity contribution is 6.10. The summed E-state index contributed by atoms with van der Waals surface area (Å²) in [6.07, 6.45) is 0. The highest BCUT2D eigenvalue weighted by Crippen LogP contribution is 2.40. The van der Waals surface area contributed by atoms with Gasteiger partial charge in [0.1, 0.15) is 0 Å². The van der Waals surface area contributed by atoms with Crippen molar-refractivity contribution in [3.63, 3.8) is 0 Å². The van der Waals surface area contributed by atoms with Crippen LogP contribution < -0.4 is 0 Å². The first-order valence-corrected chi connectivity index (χ1v) is 17.8. The number of nitrogens with zero attached hydrogens (tertiary/aromatic N) is 3. The van der Waals surface area contributed by atoms with Gasteiger partial charge in [0.25, 0.3) is 0 Å². The zero-order valence-corrected chi connectivity index (χ0v) is 30.3. The van der Waals surface area contributed by atoms with Crippen molar-refractivity contribution >= 4 is 21.8 Å². The highest BCUT2D eigenvalue weighted by Gasteiger charge is 2.22. The van der Waals surface area contributed by atoms with Crippen LogP contribution in [0.25, 0.3) is 72.5 Å². The Balaban J connectivity index is 1.39. The molecule has 51 heavy (non-hydrogen) atoms. The van der Waals surface area contributed by atoms with Crippen LogP contribution in [0.15, 0.2) is 152 Å². The highest BCUT2D eigenvalue weighted by atomic mass is 15.0. The maximum absolute atomic E-state index is 5.23. The van der Waals surface area contributed by atoms with Gasteiger partial charge in [0.05, 0.1) is 22.4 Å². The van der Waals surface area contributed by atoms with Crippen molar-refractivity contribution in [3.05, 3.63) is 163 Å². The van der Waals surface area contributed by atoms with Crippen molar-refractivity contribution < 1.29 is 0 Å². The van der Waals surface area contributed by atoms with E-state index in [1.54, 1.807) is 0 Å². The molecule has 3 heteroatoms. The second-order valence-corrected chi connectivity index (χ2v) is 15.6. The molecule has 0 fully saturated rings. The lowest BCUT2D eigenvalue weighted by Gasteiger charge is -2.19.